The molecule has 154 valence electrons. The zero-order chi connectivity index (χ0) is 19.5. The molecule has 0 aromatic carbocycles. The maximum absolute atomic E-state index is 13.1. The second-order valence-corrected chi connectivity index (χ2v) is 9.89. The molecular formula is C21H28N6O2. The molecule has 2 aromatic heterocycles. The van der Waals surface area contributed by atoms with Gasteiger partial charge in [0.2, 0.25) is 0 Å². The molecule has 2 aromatic rings. The fourth-order valence-corrected chi connectivity index (χ4v) is 7.03. The van der Waals surface area contributed by atoms with Crippen molar-refractivity contribution in [3.05, 3.63) is 30.0 Å². The first kappa shape index (κ1) is 17.6. The van der Waals surface area contributed by atoms with Crippen molar-refractivity contribution in [1.29, 1.82) is 0 Å². The van der Waals surface area contributed by atoms with Crippen LogP contribution in [0.4, 0.5) is 0 Å². The molecule has 1 saturated heterocycles. The van der Waals surface area contributed by atoms with Gasteiger partial charge in [0, 0.05) is 5.54 Å². The second-order valence-electron chi connectivity index (χ2n) is 9.89. The molecule has 8 heteroatoms. The first-order valence-electron chi connectivity index (χ1n) is 11.0. The second kappa shape index (κ2) is 6.39. The Kier molecular flexibility index (Phi) is 3.88. The monoisotopic (exact) mass is 396 g/mol. The van der Waals surface area contributed by atoms with Crippen LogP contribution < -0.4 is 5.32 Å². The lowest BCUT2D eigenvalue weighted by atomic mass is 9.50. The summed E-state index contributed by atoms with van der Waals surface area (Å²) in [6, 6.07) is 3.78. The predicted octanol–water partition coefficient (Wildman–Crippen LogP) is 2.34. The molecule has 4 aliphatic carbocycles. The number of furan rings is 1. The molecule has 0 spiro atoms. The Bertz CT molecular complexity index is 886. The average molecular weight is 396 g/mol. The van der Waals surface area contributed by atoms with Gasteiger partial charge in [-0.2, -0.15) is 4.80 Å². The lowest BCUT2D eigenvalue weighted by Gasteiger charge is -2.61. The van der Waals surface area contributed by atoms with Crippen LogP contribution in [0, 0.1) is 11.8 Å². The number of carbonyl (C=O) groups excluding carboxylic acids is 1. The van der Waals surface area contributed by atoms with Gasteiger partial charge in [0.1, 0.15) is 5.76 Å². The minimum Gasteiger partial charge on any atom is -0.455 e. The van der Waals surface area contributed by atoms with Crippen LogP contribution in [0.15, 0.2) is 22.9 Å². The number of aromatic nitrogens is 4. The van der Waals surface area contributed by atoms with E-state index in [9.17, 15) is 4.79 Å². The van der Waals surface area contributed by atoms with E-state index in [1.165, 1.54) is 25.6 Å². The van der Waals surface area contributed by atoms with Crippen molar-refractivity contribution >= 4 is 5.91 Å². The van der Waals surface area contributed by atoms with Gasteiger partial charge in [-0.05, 0) is 93.6 Å². The van der Waals surface area contributed by atoms with Crippen molar-refractivity contribution in [2.75, 3.05) is 13.1 Å². The maximum atomic E-state index is 13.1. The van der Waals surface area contributed by atoms with Crippen LogP contribution in [0.1, 0.15) is 67.7 Å². The summed E-state index contributed by atoms with van der Waals surface area (Å²) in [4.78, 5) is 17.3. The minimum atomic E-state index is -0.184. The zero-order valence-electron chi connectivity index (χ0n) is 16.7. The van der Waals surface area contributed by atoms with Gasteiger partial charge in [-0.1, -0.05) is 0 Å². The molecule has 29 heavy (non-hydrogen) atoms. The topological polar surface area (TPSA) is 89.1 Å². The van der Waals surface area contributed by atoms with E-state index in [4.69, 9.17) is 4.42 Å². The maximum Gasteiger partial charge on any atom is 0.287 e. The van der Waals surface area contributed by atoms with Crippen molar-refractivity contribution in [2.24, 2.45) is 11.8 Å². The molecule has 5 aliphatic rings. The van der Waals surface area contributed by atoms with Crippen molar-refractivity contribution < 1.29 is 9.21 Å². The summed E-state index contributed by atoms with van der Waals surface area (Å²) in [5.41, 5.74) is -0.283. The highest BCUT2D eigenvalue weighted by Gasteiger charge is 2.60. The summed E-state index contributed by atoms with van der Waals surface area (Å²) in [5, 5.41) is 16.0. The smallest absolute Gasteiger partial charge is 0.287 e. The van der Waals surface area contributed by atoms with E-state index in [1.807, 2.05) is 16.9 Å². The fraction of sp³-hybridized carbons (Fsp3) is 0.714. The van der Waals surface area contributed by atoms with Gasteiger partial charge in [0.25, 0.3) is 5.91 Å². The van der Waals surface area contributed by atoms with Gasteiger partial charge in [0.05, 0.1) is 12.1 Å². The summed E-state index contributed by atoms with van der Waals surface area (Å²) < 4.78 is 5.93. The molecule has 2 atom stereocenters. The van der Waals surface area contributed by atoms with Gasteiger partial charge >= 0.3 is 0 Å². The molecule has 8 nitrogen and oxygen atoms in total. The SMILES string of the molecule is O=C(NC12CC3CC(C1)CC(n1ncnn1)(C3)C2)c1ccc(CN2CCCC2)o1. The lowest BCUT2D eigenvalue weighted by Crippen LogP contribution is -2.66. The van der Waals surface area contributed by atoms with Gasteiger partial charge < -0.3 is 9.73 Å². The van der Waals surface area contributed by atoms with Gasteiger partial charge in [0.15, 0.2) is 12.1 Å². The van der Waals surface area contributed by atoms with Crippen molar-refractivity contribution in [2.45, 2.75) is 69.0 Å². The van der Waals surface area contributed by atoms with Crippen LogP contribution in [0.3, 0.4) is 0 Å². The molecule has 2 unspecified atom stereocenters. The third-order valence-corrected chi connectivity index (χ3v) is 7.65. The van der Waals surface area contributed by atoms with Crippen LogP contribution in [0.25, 0.3) is 0 Å². The molecule has 1 N–H and O–H groups in total. The Morgan fingerprint density at radius 2 is 1.97 bits per heavy atom. The Morgan fingerprint density at radius 1 is 1.17 bits per heavy atom. The fourth-order valence-electron chi connectivity index (χ4n) is 7.03. The summed E-state index contributed by atoms with van der Waals surface area (Å²) in [7, 11) is 0. The summed E-state index contributed by atoms with van der Waals surface area (Å²) >= 11 is 0. The van der Waals surface area contributed by atoms with Crippen LogP contribution in [0.2, 0.25) is 0 Å². The molecule has 7 rings (SSSR count). The van der Waals surface area contributed by atoms with Crippen LogP contribution >= 0.6 is 0 Å². The van der Waals surface area contributed by atoms with Gasteiger partial charge in [-0.25, -0.2) is 0 Å². The van der Waals surface area contributed by atoms with Crippen LogP contribution in [-0.2, 0) is 12.1 Å². The number of tetrazole rings is 1. The molecular weight excluding hydrogens is 368 g/mol. The van der Waals surface area contributed by atoms with Crippen LogP contribution in [-0.4, -0.2) is 49.6 Å². The number of hydrogen-bond donors (Lipinski definition) is 1. The third-order valence-electron chi connectivity index (χ3n) is 7.65. The Hall–Kier alpha value is -2.22. The molecule has 1 aliphatic heterocycles. The molecule has 4 bridgehead atoms. The number of hydrogen-bond acceptors (Lipinski definition) is 6. The predicted molar refractivity (Wildman–Crippen MR) is 104 cm³/mol. The Balaban J connectivity index is 1.21. The standard InChI is InChI=1S/C21H28N6O2/c28-19(18-4-3-17(29-18)12-26-5-1-2-6-26)24-20-8-15-7-16(9-20)11-21(10-15,13-20)27-23-14-22-25-27/h3-4,14-16H,1-2,5-13H2,(H,24,28). The Labute approximate surface area is 170 Å². The highest BCUT2D eigenvalue weighted by molar-refractivity contribution is 5.92. The van der Waals surface area contributed by atoms with E-state index in [-0.39, 0.29) is 17.0 Å². The summed E-state index contributed by atoms with van der Waals surface area (Å²) in [5.74, 6) is 2.46. The number of nitrogens with zero attached hydrogens (tertiary/aromatic N) is 5. The first-order chi connectivity index (χ1) is 14.1. The van der Waals surface area contributed by atoms with E-state index >= 15 is 0 Å². The number of nitrogens with one attached hydrogen (secondary N) is 1. The molecule has 0 radical (unpaired) electrons. The average Bonchev–Trinajstić information content (AvgIpc) is 3.44. The lowest BCUT2D eigenvalue weighted by molar-refractivity contribution is -0.0812. The Morgan fingerprint density at radius 3 is 2.69 bits per heavy atom. The van der Waals surface area contributed by atoms with Crippen molar-refractivity contribution in [1.82, 2.24) is 30.4 Å². The molecule has 1 amide bonds. The minimum absolute atomic E-state index is 0.0821. The summed E-state index contributed by atoms with van der Waals surface area (Å²) in [6.07, 6.45) is 10.5. The van der Waals surface area contributed by atoms with Crippen LogP contribution in [0.5, 0.6) is 0 Å². The van der Waals surface area contributed by atoms with Crippen molar-refractivity contribution in [3.63, 3.8) is 0 Å². The van der Waals surface area contributed by atoms with E-state index < -0.39 is 0 Å². The number of amides is 1. The third kappa shape index (κ3) is 2.99. The van der Waals surface area contributed by atoms with E-state index in [2.05, 4.69) is 25.6 Å². The number of rotatable bonds is 5. The van der Waals surface area contributed by atoms with E-state index in [1.54, 1.807) is 0 Å². The highest BCUT2D eigenvalue weighted by Crippen LogP contribution is 2.60. The number of carbonyl (C=O) groups is 1. The first-order valence-corrected chi connectivity index (χ1v) is 11.0. The van der Waals surface area contributed by atoms with Gasteiger partial charge in [-0.15, -0.1) is 10.2 Å². The molecule has 5 fully saturated rings. The quantitative estimate of drug-likeness (QED) is 0.834. The van der Waals surface area contributed by atoms with E-state index in [0.717, 1.165) is 57.5 Å². The molecule has 3 heterocycles. The zero-order valence-corrected chi connectivity index (χ0v) is 16.7. The molecule has 4 saturated carbocycles. The van der Waals surface area contributed by atoms with Crippen molar-refractivity contribution in [3.8, 4) is 0 Å². The van der Waals surface area contributed by atoms with E-state index in [0.29, 0.717) is 17.6 Å². The normalized spacial score (nSPS) is 36.0. The summed E-state index contributed by atoms with van der Waals surface area (Å²) in [6.45, 7) is 3.03. The highest BCUT2D eigenvalue weighted by atomic mass is 16.4. The largest absolute Gasteiger partial charge is 0.455 e. The number of likely N-dealkylation sites (tertiary alicyclic amines) is 1. The van der Waals surface area contributed by atoms with Gasteiger partial charge in [-0.3, -0.25) is 9.69 Å².